The molecule has 2 nitrogen and oxygen atoms in total. The molecule has 7 heteroatoms. The average molecular weight is 368 g/mol. The second-order valence-corrected chi connectivity index (χ2v) is 5.40. The number of rotatable bonds is 2. The molecule has 0 heterocycles. The molecule has 0 radical (unpaired) electrons. The van der Waals surface area contributed by atoms with Crippen LogP contribution >= 0.6 is 39.1 Å². The summed E-state index contributed by atoms with van der Waals surface area (Å²) < 4.78 is 26.9. The number of anilines is 3. The number of hydrogen-bond donors (Lipinski definition) is 2. The molecule has 2 rings (SSSR count). The Labute approximate surface area is 126 Å². The molecule has 2 aromatic rings. The van der Waals surface area contributed by atoms with Gasteiger partial charge in [0.25, 0.3) is 0 Å². The number of nitrogens with one attached hydrogen (secondary N) is 1. The molecule has 2 aromatic carbocycles. The third kappa shape index (κ3) is 3.11. The molecule has 0 spiro atoms. The number of nitrogen functional groups attached to an aromatic ring is 1. The van der Waals surface area contributed by atoms with Crippen molar-refractivity contribution in [3.63, 3.8) is 0 Å². The first-order chi connectivity index (χ1) is 8.88. The molecule has 0 amide bonds. The fraction of sp³-hybridized carbons (Fsp3) is 0. The number of hydrogen-bond acceptors (Lipinski definition) is 2. The van der Waals surface area contributed by atoms with Gasteiger partial charge in [0.05, 0.1) is 25.9 Å². The van der Waals surface area contributed by atoms with E-state index in [-0.39, 0.29) is 20.2 Å². The lowest BCUT2D eigenvalue weighted by atomic mass is 10.2. The lowest BCUT2D eigenvalue weighted by Gasteiger charge is -2.12. The van der Waals surface area contributed by atoms with Crippen LogP contribution in [0.5, 0.6) is 0 Å². The Morgan fingerprint density at radius 2 is 1.58 bits per heavy atom. The zero-order chi connectivity index (χ0) is 14.2. The lowest BCUT2D eigenvalue weighted by Crippen LogP contribution is -1.98. The van der Waals surface area contributed by atoms with Crippen LogP contribution in [0.3, 0.4) is 0 Å². The number of benzene rings is 2. The van der Waals surface area contributed by atoms with Crippen molar-refractivity contribution in [1.29, 1.82) is 0 Å². The van der Waals surface area contributed by atoms with Gasteiger partial charge in [-0.2, -0.15) is 0 Å². The van der Waals surface area contributed by atoms with Crippen LogP contribution < -0.4 is 11.1 Å². The van der Waals surface area contributed by atoms with Crippen LogP contribution in [0.2, 0.25) is 10.0 Å². The Hall–Kier alpha value is -1.04. The van der Waals surface area contributed by atoms with E-state index in [1.807, 2.05) is 0 Å². The molecular weight excluding hydrogens is 361 g/mol. The summed E-state index contributed by atoms with van der Waals surface area (Å²) >= 11 is 14.9. The normalized spacial score (nSPS) is 10.6. The van der Waals surface area contributed by atoms with Crippen molar-refractivity contribution in [3.8, 4) is 0 Å². The van der Waals surface area contributed by atoms with Crippen molar-refractivity contribution in [3.05, 3.63) is 50.4 Å². The molecular formula is C12H7BrCl2F2N2. The largest absolute Gasteiger partial charge is 0.399 e. The predicted molar refractivity (Wildman–Crippen MR) is 78.2 cm³/mol. The van der Waals surface area contributed by atoms with Gasteiger partial charge in [0, 0.05) is 11.8 Å². The molecule has 0 aliphatic heterocycles. The predicted octanol–water partition coefficient (Wildman–Crippen LogP) is 5.36. The molecule has 0 fully saturated rings. The van der Waals surface area contributed by atoms with E-state index >= 15 is 0 Å². The van der Waals surface area contributed by atoms with Crippen molar-refractivity contribution in [2.45, 2.75) is 0 Å². The summed E-state index contributed by atoms with van der Waals surface area (Å²) in [5.74, 6) is -1.46. The second kappa shape index (κ2) is 5.53. The van der Waals surface area contributed by atoms with Crippen molar-refractivity contribution < 1.29 is 8.78 Å². The highest BCUT2D eigenvalue weighted by Crippen LogP contribution is 2.36. The first-order valence-electron chi connectivity index (χ1n) is 5.04. The minimum absolute atomic E-state index is 0.0434. The molecule has 0 atom stereocenters. The molecule has 19 heavy (non-hydrogen) atoms. The van der Waals surface area contributed by atoms with E-state index in [1.165, 1.54) is 18.2 Å². The third-order valence-electron chi connectivity index (χ3n) is 2.33. The van der Waals surface area contributed by atoms with Crippen LogP contribution in [0.15, 0.2) is 28.7 Å². The van der Waals surface area contributed by atoms with Gasteiger partial charge in [-0.3, -0.25) is 0 Å². The Morgan fingerprint density at radius 3 is 2.16 bits per heavy atom. The Balaban J connectivity index is 2.45. The molecule has 0 saturated heterocycles. The van der Waals surface area contributed by atoms with E-state index in [1.54, 1.807) is 0 Å². The van der Waals surface area contributed by atoms with Gasteiger partial charge in [-0.15, -0.1) is 0 Å². The maximum absolute atomic E-state index is 13.6. The minimum atomic E-state index is -0.760. The van der Waals surface area contributed by atoms with E-state index in [2.05, 4.69) is 21.2 Å². The smallest absolute Gasteiger partial charge is 0.149 e. The van der Waals surface area contributed by atoms with E-state index in [0.717, 1.165) is 6.07 Å². The number of halogens is 5. The van der Waals surface area contributed by atoms with Crippen molar-refractivity contribution >= 4 is 56.2 Å². The van der Waals surface area contributed by atoms with Crippen LogP contribution in [-0.4, -0.2) is 0 Å². The van der Waals surface area contributed by atoms with Gasteiger partial charge in [-0.1, -0.05) is 23.2 Å². The highest BCUT2D eigenvalue weighted by atomic mass is 79.9. The summed E-state index contributed by atoms with van der Waals surface area (Å²) in [6.45, 7) is 0. The molecule has 0 saturated carbocycles. The molecule has 100 valence electrons. The van der Waals surface area contributed by atoms with Gasteiger partial charge in [-0.05, 0) is 34.1 Å². The van der Waals surface area contributed by atoms with Gasteiger partial charge < -0.3 is 11.1 Å². The van der Waals surface area contributed by atoms with E-state index < -0.39 is 11.6 Å². The SMILES string of the molecule is Nc1cc(Cl)c(Nc2cc(Br)c(F)cc2F)c(Cl)c1. The molecule has 0 aromatic heterocycles. The Bertz CT molecular complexity index is 627. The maximum atomic E-state index is 13.6. The van der Waals surface area contributed by atoms with Crippen LogP contribution in [0.25, 0.3) is 0 Å². The van der Waals surface area contributed by atoms with E-state index in [9.17, 15) is 8.78 Å². The molecule has 0 aliphatic rings. The molecule has 0 unspecified atom stereocenters. The molecule has 3 N–H and O–H groups in total. The van der Waals surface area contributed by atoms with Gasteiger partial charge in [0.1, 0.15) is 11.6 Å². The zero-order valence-corrected chi connectivity index (χ0v) is 12.4. The monoisotopic (exact) mass is 366 g/mol. The second-order valence-electron chi connectivity index (χ2n) is 3.73. The van der Waals surface area contributed by atoms with Crippen molar-refractivity contribution in [1.82, 2.24) is 0 Å². The summed E-state index contributed by atoms with van der Waals surface area (Å²) in [5.41, 5.74) is 6.30. The van der Waals surface area contributed by atoms with Gasteiger partial charge in [-0.25, -0.2) is 8.78 Å². The average Bonchev–Trinajstić information content (AvgIpc) is 2.29. The molecule has 0 aliphatic carbocycles. The van der Waals surface area contributed by atoms with Crippen LogP contribution in [0, 0.1) is 11.6 Å². The van der Waals surface area contributed by atoms with Gasteiger partial charge in [0.2, 0.25) is 0 Å². The zero-order valence-electron chi connectivity index (χ0n) is 9.28. The maximum Gasteiger partial charge on any atom is 0.149 e. The topological polar surface area (TPSA) is 38.0 Å². The first-order valence-corrected chi connectivity index (χ1v) is 6.59. The minimum Gasteiger partial charge on any atom is -0.399 e. The highest BCUT2D eigenvalue weighted by molar-refractivity contribution is 9.10. The summed E-state index contributed by atoms with van der Waals surface area (Å²) in [6.07, 6.45) is 0. The van der Waals surface area contributed by atoms with Gasteiger partial charge in [0.15, 0.2) is 0 Å². The fourth-order valence-electron chi connectivity index (χ4n) is 1.47. The third-order valence-corrected chi connectivity index (χ3v) is 3.54. The Kier molecular flexibility index (Phi) is 4.18. The quantitative estimate of drug-likeness (QED) is 0.553. The highest BCUT2D eigenvalue weighted by Gasteiger charge is 2.12. The summed E-state index contributed by atoms with van der Waals surface area (Å²) in [4.78, 5) is 0. The molecule has 0 bridgehead atoms. The van der Waals surface area contributed by atoms with Crippen LogP contribution in [-0.2, 0) is 0 Å². The summed E-state index contributed by atoms with van der Waals surface area (Å²) in [6, 6.07) is 4.97. The summed E-state index contributed by atoms with van der Waals surface area (Å²) in [5, 5.41) is 3.19. The standard InChI is InChI=1S/C12H7BrCl2F2N2/c13-6-3-11(10(17)4-9(6)16)19-12-7(14)1-5(18)2-8(12)15/h1-4,19H,18H2. The lowest BCUT2D eigenvalue weighted by molar-refractivity contribution is 0.581. The first kappa shape index (κ1) is 14.4. The van der Waals surface area contributed by atoms with E-state index in [0.29, 0.717) is 11.4 Å². The van der Waals surface area contributed by atoms with Crippen LogP contribution in [0.4, 0.5) is 25.8 Å². The Morgan fingerprint density at radius 1 is 1.00 bits per heavy atom. The van der Waals surface area contributed by atoms with Crippen molar-refractivity contribution in [2.75, 3.05) is 11.1 Å². The number of nitrogens with two attached hydrogens (primary N) is 1. The van der Waals surface area contributed by atoms with Gasteiger partial charge >= 0.3 is 0 Å². The summed E-state index contributed by atoms with van der Waals surface area (Å²) in [7, 11) is 0. The van der Waals surface area contributed by atoms with Crippen LogP contribution in [0.1, 0.15) is 0 Å². The van der Waals surface area contributed by atoms with E-state index in [4.69, 9.17) is 28.9 Å². The fourth-order valence-corrected chi connectivity index (χ4v) is 2.41. The van der Waals surface area contributed by atoms with Crippen molar-refractivity contribution in [2.24, 2.45) is 0 Å².